The van der Waals surface area contributed by atoms with Crippen molar-refractivity contribution in [2.45, 2.75) is 44.2 Å². The second-order valence-electron chi connectivity index (χ2n) is 14.2. The standard InChI is InChI=1S/C40H40F2N8O3/c1-46-17-19-47(20-18-46)16-15-26-5-7-27(8-6-26)28-3-2-4-33(21-28)49-37-34(22-30(42)23-43-37)39(52)50(40(49)53)32-12-10-31(11-13-32)44-38(51)35-25-48-24-29(41)9-14-36(48)45-35/h2-9,14,21-25,31-32H,10-13,15-20H2,1H3,(H,44,51). The van der Waals surface area contributed by atoms with Crippen molar-refractivity contribution in [2.75, 3.05) is 39.8 Å². The number of piperazine rings is 1. The molecule has 0 bridgehead atoms. The largest absolute Gasteiger partial charge is 0.348 e. The third-order valence-corrected chi connectivity index (χ3v) is 10.6. The van der Waals surface area contributed by atoms with E-state index in [4.69, 9.17) is 0 Å². The highest BCUT2D eigenvalue weighted by Crippen LogP contribution is 2.29. The molecule has 1 aliphatic heterocycles. The molecule has 53 heavy (non-hydrogen) atoms. The van der Waals surface area contributed by atoms with Crippen molar-refractivity contribution in [1.82, 2.24) is 38.6 Å². The second kappa shape index (κ2) is 14.5. The van der Waals surface area contributed by atoms with E-state index in [1.807, 2.05) is 18.2 Å². The Morgan fingerprint density at radius 3 is 2.42 bits per heavy atom. The molecule has 0 unspecified atom stereocenters. The molecule has 1 aliphatic carbocycles. The van der Waals surface area contributed by atoms with E-state index >= 15 is 0 Å². The number of nitrogens with zero attached hydrogens (tertiary/aromatic N) is 7. The van der Waals surface area contributed by atoms with Gasteiger partial charge < -0.3 is 19.5 Å². The molecule has 2 aliphatic rings. The van der Waals surface area contributed by atoms with Crippen LogP contribution >= 0.6 is 0 Å². The van der Waals surface area contributed by atoms with Gasteiger partial charge in [0.2, 0.25) is 0 Å². The maximum atomic E-state index is 14.6. The molecule has 6 aromatic rings. The molecule has 5 heterocycles. The Morgan fingerprint density at radius 2 is 1.64 bits per heavy atom. The van der Waals surface area contributed by atoms with Crippen molar-refractivity contribution in [3.8, 4) is 16.8 Å². The second-order valence-corrected chi connectivity index (χ2v) is 14.2. The molecule has 11 nitrogen and oxygen atoms in total. The number of fused-ring (bicyclic) bond motifs is 2. The third kappa shape index (κ3) is 7.14. The molecular formula is C40H40F2N8O3. The summed E-state index contributed by atoms with van der Waals surface area (Å²) in [4.78, 5) is 54.6. The van der Waals surface area contributed by atoms with Crippen LogP contribution in [0.15, 0.2) is 94.9 Å². The highest BCUT2D eigenvalue weighted by atomic mass is 19.1. The number of nitrogens with one attached hydrogen (secondary N) is 1. The van der Waals surface area contributed by atoms with E-state index in [1.54, 1.807) is 6.07 Å². The van der Waals surface area contributed by atoms with E-state index in [9.17, 15) is 23.2 Å². The van der Waals surface area contributed by atoms with Gasteiger partial charge in [-0.05, 0) is 86.2 Å². The number of rotatable bonds is 8. The molecule has 0 atom stereocenters. The molecule has 13 heteroatoms. The summed E-state index contributed by atoms with van der Waals surface area (Å²) in [6.45, 7) is 5.37. The number of imidazole rings is 1. The van der Waals surface area contributed by atoms with Crippen LogP contribution in [0.5, 0.6) is 0 Å². The first-order valence-corrected chi connectivity index (χ1v) is 18.1. The Labute approximate surface area is 304 Å². The lowest BCUT2D eigenvalue weighted by atomic mass is 9.90. The first-order valence-electron chi connectivity index (χ1n) is 18.1. The van der Waals surface area contributed by atoms with Gasteiger partial charge in [0, 0.05) is 57.2 Å². The number of hydrogen-bond donors (Lipinski definition) is 1. The average Bonchev–Trinajstić information content (AvgIpc) is 3.60. The average molecular weight is 719 g/mol. The Kier molecular flexibility index (Phi) is 9.44. The molecule has 0 spiro atoms. The molecule has 272 valence electrons. The summed E-state index contributed by atoms with van der Waals surface area (Å²) in [5.41, 5.74) is 3.19. The Morgan fingerprint density at radius 1 is 0.868 bits per heavy atom. The van der Waals surface area contributed by atoms with Crippen LogP contribution in [0, 0.1) is 11.6 Å². The minimum atomic E-state index is -0.672. The molecule has 2 aromatic carbocycles. The van der Waals surface area contributed by atoms with Gasteiger partial charge in [0.1, 0.15) is 23.0 Å². The van der Waals surface area contributed by atoms with Crippen LogP contribution in [-0.2, 0) is 6.42 Å². The number of amides is 1. The number of aromatic nitrogens is 5. The summed E-state index contributed by atoms with van der Waals surface area (Å²) in [5.74, 6) is -1.50. The lowest BCUT2D eigenvalue weighted by molar-refractivity contribution is 0.0917. The summed E-state index contributed by atoms with van der Waals surface area (Å²) in [6, 6.07) is 19.2. The minimum Gasteiger partial charge on any atom is -0.348 e. The van der Waals surface area contributed by atoms with Crippen LogP contribution < -0.4 is 16.6 Å². The number of benzene rings is 2. The predicted octanol–water partition coefficient (Wildman–Crippen LogP) is 4.84. The molecule has 2 fully saturated rings. The zero-order chi connectivity index (χ0) is 36.6. The molecule has 0 radical (unpaired) electrons. The van der Waals surface area contributed by atoms with Gasteiger partial charge in [0.05, 0.1) is 17.3 Å². The van der Waals surface area contributed by atoms with E-state index in [1.165, 1.54) is 43.6 Å². The number of halogens is 2. The third-order valence-electron chi connectivity index (χ3n) is 10.6. The highest BCUT2D eigenvalue weighted by Gasteiger charge is 2.29. The molecule has 1 amide bonds. The Bertz CT molecular complexity index is 2420. The first-order chi connectivity index (χ1) is 25.7. The zero-order valence-electron chi connectivity index (χ0n) is 29.4. The maximum absolute atomic E-state index is 14.6. The fourth-order valence-electron chi connectivity index (χ4n) is 7.60. The van der Waals surface area contributed by atoms with E-state index in [-0.39, 0.29) is 28.7 Å². The molecule has 1 saturated heterocycles. The van der Waals surface area contributed by atoms with Gasteiger partial charge in [-0.1, -0.05) is 36.4 Å². The summed E-state index contributed by atoms with van der Waals surface area (Å²) < 4.78 is 32.3. The number of likely N-dealkylation sites (N-methyl/N-ethyl adjacent to an activating group) is 1. The lowest BCUT2D eigenvalue weighted by Crippen LogP contribution is -2.45. The number of pyridine rings is 2. The van der Waals surface area contributed by atoms with Crippen molar-refractivity contribution in [3.63, 3.8) is 0 Å². The lowest BCUT2D eigenvalue weighted by Gasteiger charge is -2.32. The highest BCUT2D eigenvalue weighted by molar-refractivity contribution is 5.93. The van der Waals surface area contributed by atoms with E-state index in [2.05, 4.69) is 56.4 Å². The topological polar surface area (TPSA) is 110 Å². The van der Waals surface area contributed by atoms with Gasteiger partial charge in [-0.3, -0.25) is 14.2 Å². The fraction of sp³-hybridized carbons (Fsp3) is 0.325. The van der Waals surface area contributed by atoms with Crippen molar-refractivity contribution >= 4 is 22.6 Å². The van der Waals surface area contributed by atoms with E-state index < -0.39 is 28.9 Å². The van der Waals surface area contributed by atoms with E-state index in [0.29, 0.717) is 37.0 Å². The van der Waals surface area contributed by atoms with Crippen LogP contribution in [0.3, 0.4) is 0 Å². The van der Waals surface area contributed by atoms with Gasteiger partial charge >= 0.3 is 5.69 Å². The summed E-state index contributed by atoms with van der Waals surface area (Å²) in [5, 5.41) is 3.00. The molecule has 4 aromatic heterocycles. The normalized spacial score (nSPS) is 18.5. The molecule has 8 rings (SSSR count). The van der Waals surface area contributed by atoms with Gasteiger partial charge in [0.25, 0.3) is 11.5 Å². The van der Waals surface area contributed by atoms with Gasteiger partial charge in [0.15, 0.2) is 5.65 Å². The number of carbonyl (C=O) groups is 1. The quantitative estimate of drug-likeness (QED) is 0.240. The molecule has 1 saturated carbocycles. The molecular weight excluding hydrogens is 678 g/mol. The Hall–Kier alpha value is -5.53. The summed E-state index contributed by atoms with van der Waals surface area (Å²) >= 11 is 0. The van der Waals surface area contributed by atoms with Gasteiger partial charge in [-0.25, -0.2) is 28.1 Å². The number of carbonyl (C=O) groups excluding carboxylic acids is 1. The number of hydrogen-bond acceptors (Lipinski definition) is 7. The van der Waals surface area contributed by atoms with Crippen LogP contribution in [-0.4, -0.2) is 85.0 Å². The van der Waals surface area contributed by atoms with Crippen molar-refractivity contribution in [1.29, 1.82) is 0 Å². The van der Waals surface area contributed by atoms with Crippen molar-refractivity contribution in [3.05, 3.63) is 129 Å². The van der Waals surface area contributed by atoms with Crippen LogP contribution in [0.4, 0.5) is 8.78 Å². The van der Waals surface area contributed by atoms with Gasteiger partial charge in [-0.15, -0.1) is 0 Å². The first kappa shape index (κ1) is 34.6. The summed E-state index contributed by atoms with van der Waals surface area (Å²) in [6.07, 6.45) is 6.59. The van der Waals surface area contributed by atoms with Gasteiger partial charge in [-0.2, -0.15) is 0 Å². The summed E-state index contributed by atoms with van der Waals surface area (Å²) in [7, 11) is 2.16. The maximum Gasteiger partial charge on any atom is 0.337 e. The van der Waals surface area contributed by atoms with Crippen LogP contribution in [0.25, 0.3) is 33.5 Å². The van der Waals surface area contributed by atoms with E-state index in [0.717, 1.165) is 62.5 Å². The fourth-order valence-corrected chi connectivity index (χ4v) is 7.60. The monoisotopic (exact) mass is 718 g/mol. The van der Waals surface area contributed by atoms with Crippen LogP contribution in [0.2, 0.25) is 0 Å². The van der Waals surface area contributed by atoms with Crippen LogP contribution in [0.1, 0.15) is 47.8 Å². The Balaban J connectivity index is 1.03. The van der Waals surface area contributed by atoms with Crippen molar-refractivity contribution in [2.24, 2.45) is 0 Å². The minimum absolute atomic E-state index is 0.0124. The zero-order valence-corrected chi connectivity index (χ0v) is 29.4. The SMILES string of the molecule is CN1CCN(CCc2ccc(-c3cccc(-n4c(=O)n(C5CCC(NC(=O)c6cn7cc(F)ccc7n6)CC5)c(=O)c5cc(F)cnc54)c3)cc2)CC1. The smallest absolute Gasteiger partial charge is 0.337 e. The molecule has 1 N–H and O–H groups in total. The van der Waals surface area contributed by atoms with Crippen molar-refractivity contribution < 1.29 is 13.6 Å². The predicted molar refractivity (Wildman–Crippen MR) is 199 cm³/mol.